The molecule has 0 aromatic carbocycles. The van der Waals surface area contributed by atoms with Gasteiger partial charge in [0.1, 0.15) is 0 Å². The van der Waals surface area contributed by atoms with E-state index in [9.17, 15) is 0 Å². The minimum Gasteiger partial charge on any atom is -1.00 e. The molecule has 0 bridgehead atoms. The zero-order valence-electron chi connectivity index (χ0n) is 4.29. The van der Waals surface area contributed by atoms with E-state index < -0.39 is 0 Å². The Morgan fingerprint density at radius 3 is 1.25 bits per heavy atom. The first-order valence-corrected chi connectivity index (χ1v) is 1.08. The molecule has 0 fully saturated rings. The fourth-order valence-electron chi connectivity index (χ4n) is 0. The summed E-state index contributed by atoms with van der Waals surface area (Å²) in [6, 6.07) is 0. The Balaban J connectivity index is -0.00000000750. The molecule has 2 nitrogen and oxygen atoms in total. The molecule has 0 atom stereocenters. The molecule has 0 saturated carbocycles. The first-order valence-electron chi connectivity index (χ1n) is 1.08. The second-order valence-electron chi connectivity index (χ2n) is 0.744. The van der Waals surface area contributed by atoms with Crippen LogP contribution in [0.25, 0.3) is 0 Å². The van der Waals surface area contributed by atoms with Crippen LogP contribution < -0.4 is 83.1 Å². The van der Waals surface area contributed by atoms with Crippen LogP contribution in [0.2, 0.25) is 0 Å². The van der Waals surface area contributed by atoms with Gasteiger partial charge in [0, 0.05) is 6.92 Å². The minimum atomic E-state index is 0. The number of amidine groups is 1. The maximum absolute atomic E-state index is 4.81. The molecule has 8 heavy (non-hydrogen) atoms. The predicted molar refractivity (Wildman–Crippen MR) is 22.5 cm³/mol. The van der Waals surface area contributed by atoms with Crippen molar-refractivity contribution in [2.75, 3.05) is 0 Å². The van der Waals surface area contributed by atoms with Gasteiger partial charge in [-0.05, 0) is 0 Å². The van der Waals surface area contributed by atoms with Crippen LogP contribution in [-0.2, 0) is 0 Å². The summed E-state index contributed by atoms with van der Waals surface area (Å²) in [5.41, 5.74) is 4.81. The second-order valence-corrected chi connectivity index (χ2v) is 0.744. The molecular formula is C2H7I3N2Pb. The first kappa shape index (κ1) is 31.2. The van der Waals surface area contributed by atoms with Gasteiger partial charge in [-0.1, -0.05) is 0 Å². The van der Waals surface area contributed by atoms with Crippen molar-refractivity contribution in [2.45, 2.75) is 6.92 Å². The summed E-state index contributed by atoms with van der Waals surface area (Å²) in [6.07, 6.45) is 0. The van der Waals surface area contributed by atoms with E-state index in [0.29, 0.717) is 5.84 Å². The minimum absolute atomic E-state index is 0. The number of rotatable bonds is 0. The van der Waals surface area contributed by atoms with Crippen LogP contribution >= 0.6 is 0 Å². The van der Waals surface area contributed by atoms with Crippen LogP contribution in [0.3, 0.4) is 0 Å². The van der Waals surface area contributed by atoms with Gasteiger partial charge >= 0.3 is 27.3 Å². The first-order chi connectivity index (χ1) is 1.73. The molecule has 0 heterocycles. The third kappa shape index (κ3) is 74.0. The predicted octanol–water partition coefficient (Wildman–Crippen LogP) is -11.2. The number of hydrogen-bond donors (Lipinski definition) is 2. The average molecular weight is 647 g/mol. The molecule has 0 aromatic heterocycles. The summed E-state index contributed by atoms with van der Waals surface area (Å²) in [6.45, 7) is 1.64. The monoisotopic (exact) mass is 648 g/mol. The second kappa shape index (κ2) is 22.6. The molecule has 0 aliphatic rings. The van der Waals surface area contributed by atoms with Crippen LogP contribution in [0.4, 0.5) is 0 Å². The largest absolute Gasteiger partial charge is 2.00 e. The molecule has 0 amide bonds. The molecule has 0 spiro atoms. The zero-order chi connectivity index (χ0) is 3.58. The van der Waals surface area contributed by atoms with Gasteiger partial charge in [0.15, 0.2) is 0 Å². The molecule has 50 valence electrons. The summed E-state index contributed by atoms with van der Waals surface area (Å²) in [5, 5.41) is 4.81. The van der Waals surface area contributed by atoms with E-state index in [4.69, 9.17) is 11.1 Å². The van der Waals surface area contributed by atoms with Crippen LogP contribution in [0.15, 0.2) is 0 Å². The van der Waals surface area contributed by atoms with Gasteiger partial charge < -0.3 is 71.9 Å². The smallest absolute Gasteiger partial charge is 1.00 e. The Hall–Kier alpha value is 2.58. The van der Waals surface area contributed by atoms with Crippen molar-refractivity contribution in [3.63, 3.8) is 0 Å². The van der Waals surface area contributed by atoms with Gasteiger partial charge in [-0.3, -0.25) is 11.1 Å². The summed E-state index contributed by atoms with van der Waals surface area (Å²) in [5.74, 6) is 0.417. The molecule has 0 aliphatic carbocycles. The van der Waals surface area contributed by atoms with Crippen molar-refractivity contribution in [3.8, 4) is 0 Å². The fourth-order valence-corrected chi connectivity index (χ4v) is 0. The van der Waals surface area contributed by atoms with Crippen molar-refractivity contribution >= 4 is 33.1 Å². The number of halogens is 3. The van der Waals surface area contributed by atoms with Crippen molar-refractivity contribution < 1.29 is 77.3 Å². The van der Waals surface area contributed by atoms with E-state index >= 15 is 0 Å². The van der Waals surface area contributed by atoms with E-state index in [0.717, 1.165) is 0 Å². The quantitative estimate of drug-likeness (QED) is 0.117. The van der Waals surface area contributed by atoms with Gasteiger partial charge in [-0.2, -0.15) is 0 Å². The summed E-state index contributed by atoms with van der Waals surface area (Å²) in [4.78, 5) is 0. The van der Waals surface area contributed by atoms with Crippen molar-refractivity contribution in [1.82, 2.24) is 0 Å². The van der Waals surface area contributed by atoms with E-state index in [1.165, 1.54) is 0 Å². The molecular weight excluding hydrogens is 640 g/mol. The number of hydrogen-bond acceptors (Lipinski definition) is 0. The zero-order valence-corrected chi connectivity index (χ0v) is 14.6. The summed E-state index contributed by atoms with van der Waals surface area (Å²) in [7, 11) is 0. The SMILES string of the molecule is CC(N)=[NH2+].[I-].[I-].[I-].[Pb+2]. The molecule has 0 rings (SSSR count). The van der Waals surface area contributed by atoms with Crippen LogP contribution in [0, 0.1) is 0 Å². The Morgan fingerprint density at radius 1 is 1.25 bits per heavy atom. The third-order valence-electron chi connectivity index (χ3n) is 0. The maximum Gasteiger partial charge on any atom is 2.00 e. The Bertz CT molecular complexity index is 38.3. The van der Waals surface area contributed by atoms with Crippen LogP contribution in [0.5, 0.6) is 0 Å². The van der Waals surface area contributed by atoms with Crippen LogP contribution in [-0.4, -0.2) is 33.1 Å². The number of nitrogens with two attached hydrogens (primary N) is 2. The van der Waals surface area contributed by atoms with Crippen LogP contribution in [0.1, 0.15) is 6.92 Å². The molecule has 0 unspecified atom stereocenters. The van der Waals surface area contributed by atoms with Gasteiger partial charge in [-0.15, -0.1) is 0 Å². The standard InChI is InChI=1S/C2H6N2.3HI.Pb/c1-2(3)4;;;;/h1H3,(H3,3,4);3*1H;/q;;;;+2/p-2. The Labute approximate surface area is 121 Å². The Morgan fingerprint density at radius 2 is 1.25 bits per heavy atom. The topological polar surface area (TPSA) is 51.6 Å². The van der Waals surface area contributed by atoms with Crippen molar-refractivity contribution in [3.05, 3.63) is 0 Å². The van der Waals surface area contributed by atoms with Crippen molar-refractivity contribution in [1.29, 1.82) is 0 Å². The Kier molecular flexibility index (Phi) is 88.3. The van der Waals surface area contributed by atoms with E-state index in [1.807, 2.05) is 0 Å². The molecule has 0 saturated heterocycles. The maximum atomic E-state index is 4.81. The molecule has 0 aliphatic heterocycles. The van der Waals surface area contributed by atoms with E-state index in [2.05, 4.69) is 0 Å². The molecule has 2 radical (unpaired) electrons. The van der Waals surface area contributed by atoms with Gasteiger partial charge in [0.25, 0.3) is 0 Å². The summed E-state index contributed by atoms with van der Waals surface area (Å²) < 4.78 is 0. The van der Waals surface area contributed by atoms with E-state index in [-0.39, 0.29) is 99.2 Å². The summed E-state index contributed by atoms with van der Waals surface area (Å²) >= 11 is 0. The normalized spacial score (nSPS) is 3.12. The third-order valence-corrected chi connectivity index (χ3v) is 0. The fraction of sp³-hybridized carbons (Fsp3) is 0.500. The van der Waals surface area contributed by atoms with Gasteiger partial charge in [-0.25, -0.2) is 0 Å². The molecule has 6 heteroatoms. The molecule has 4 N–H and O–H groups in total. The van der Waals surface area contributed by atoms with Crippen molar-refractivity contribution in [2.24, 2.45) is 5.73 Å². The average Bonchev–Trinajstić information content (AvgIpc) is 0.811. The van der Waals surface area contributed by atoms with Gasteiger partial charge in [0.05, 0.1) is 0 Å². The van der Waals surface area contributed by atoms with Gasteiger partial charge in [0.2, 0.25) is 5.84 Å². The van der Waals surface area contributed by atoms with E-state index in [1.54, 1.807) is 6.92 Å². The molecule has 0 aromatic rings.